The zero-order valence-corrected chi connectivity index (χ0v) is 43.6. The molecule has 79 heavy (non-hydrogen) atoms. The van der Waals surface area contributed by atoms with Crippen molar-refractivity contribution < 1.29 is 13.7 Å². The van der Waals surface area contributed by atoms with E-state index in [-0.39, 0.29) is 5.92 Å². The van der Waals surface area contributed by atoms with Gasteiger partial charge in [0.25, 0.3) is 0 Å². The molecule has 0 atom stereocenters. The Balaban J connectivity index is 0.728. The minimum absolute atomic E-state index is 0.0345. The third-order valence-corrected chi connectivity index (χ3v) is 16.1. The molecular weight excluding hydrogens is 961 g/mol. The fourth-order valence-corrected chi connectivity index (χ4v) is 12.3. The van der Waals surface area contributed by atoms with E-state index in [9.17, 15) is 0 Å². The summed E-state index contributed by atoms with van der Waals surface area (Å²) in [5.74, 6) is 0.0345. The van der Waals surface area contributed by atoms with Gasteiger partial charge in [-0.1, -0.05) is 218 Å². The van der Waals surface area contributed by atoms with E-state index < -0.39 is 0 Å². The van der Waals surface area contributed by atoms with Gasteiger partial charge in [0.1, 0.15) is 73.9 Å². The van der Waals surface area contributed by atoms with E-state index in [4.69, 9.17) is 0 Å². The third kappa shape index (κ3) is 8.60. The molecule has 3 heterocycles. The van der Waals surface area contributed by atoms with Crippen molar-refractivity contribution in [2.45, 2.75) is 25.6 Å². The van der Waals surface area contributed by atoms with Gasteiger partial charge >= 0.3 is 0 Å². The van der Waals surface area contributed by atoms with Gasteiger partial charge in [0.2, 0.25) is 19.0 Å². The minimum atomic E-state index is 0.0345. The fourth-order valence-electron chi connectivity index (χ4n) is 12.3. The predicted molar refractivity (Wildman–Crippen MR) is 321 cm³/mol. The van der Waals surface area contributed by atoms with Crippen molar-refractivity contribution in [3.05, 3.63) is 326 Å². The summed E-state index contributed by atoms with van der Waals surface area (Å²) in [6, 6.07) is 86.9. The lowest BCUT2D eigenvalue weighted by Gasteiger charge is -2.20. The maximum Gasteiger partial charge on any atom is 0.249 e. The summed E-state index contributed by atoms with van der Waals surface area (Å²) in [6.07, 6.45) is 19.8. The van der Waals surface area contributed by atoms with Gasteiger partial charge in [0.15, 0.2) is 0 Å². The van der Waals surface area contributed by atoms with Crippen LogP contribution in [0.4, 0.5) is 0 Å². The van der Waals surface area contributed by atoms with Crippen molar-refractivity contribution in [3.8, 4) is 17.1 Å². The second-order valence-corrected chi connectivity index (χ2v) is 21.1. The average molecular weight is 1020 g/mol. The Bertz CT molecular complexity index is 4110. The first-order valence-corrected chi connectivity index (χ1v) is 27.3. The molecule has 0 aliphatic carbocycles. The molecule has 0 amide bonds. The van der Waals surface area contributed by atoms with Gasteiger partial charge in [-0.15, -0.1) is 0 Å². The van der Waals surface area contributed by atoms with Crippen LogP contribution in [0.2, 0.25) is 0 Å². The molecular formula is C73H55N6+3. The fraction of sp³-hybridized carbons (Fsp3) is 0.0548. The monoisotopic (exact) mass is 1020 g/mol. The number of benzene rings is 12. The summed E-state index contributed by atoms with van der Waals surface area (Å²) in [7, 11) is 0. The largest absolute Gasteiger partial charge is 0.249 e. The number of fused-ring (bicyclic) bond motifs is 6. The number of aromatic nitrogens is 6. The lowest BCUT2D eigenvalue weighted by molar-refractivity contribution is -0.687. The summed E-state index contributed by atoms with van der Waals surface area (Å²) >= 11 is 0. The van der Waals surface area contributed by atoms with Gasteiger partial charge in [-0.05, 0) is 83.9 Å². The van der Waals surface area contributed by atoms with Crippen molar-refractivity contribution in [1.82, 2.24) is 13.7 Å². The number of rotatable bonds is 12. The van der Waals surface area contributed by atoms with Crippen LogP contribution in [-0.4, -0.2) is 13.7 Å². The summed E-state index contributed by atoms with van der Waals surface area (Å²) < 4.78 is 13.7. The average Bonchev–Trinajstić information content (AvgIpc) is 4.33. The number of nitrogens with zero attached hydrogens (tertiary/aromatic N) is 6. The Morgan fingerprint density at radius 1 is 0.266 bits per heavy atom. The van der Waals surface area contributed by atoms with Crippen molar-refractivity contribution in [2.24, 2.45) is 0 Å². The molecule has 15 aromatic rings. The van der Waals surface area contributed by atoms with Crippen LogP contribution in [0.15, 0.2) is 293 Å². The van der Waals surface area contributed by atoms with Crippen LogP contribution >= 0.6 is 0 Å². The Hall–Kier alpha value is -10.2. The highest BCUT2D eigenvalue weighted by molar-refractivity contribution is 6.09. The van der Waals surface area contributed by atoms with Crippen molar-refractivity contribution >= 4 is 64.6 Å². The lowest BCUT2D eigenvalue weighted by Crippen LogP contribution is -2.31. The Morgan fingerprint density at radius 3 is 0.734 bits per heavy atom. The Labute approximate surface area is 458 Å². The van der Waals surface area contributed by atoms with E-state index in [1.54, 1.807) is 0 Å². The summed E-state index contributed by atoms with van der Waals surface area (Å²) in [5.41, 5.74) is 11.2. The molecule has 12 aromatic carbocycles. The molecule has 0 aliphatic rings. The van der Waals surface area contributed by atoms with Crippen LogP contribution in [-0.2, 0) is 19.6 Å². The molecule has 0 spiro atoms. The van der Waals surface area contributed by atoms with E-state index in [0.717, 1.165) is 19.6 Å². The smallest absolute Gasteiger partial charge is 0.232 e. The first-order valence-electron chi connectivity index (χ1n) is 27.3. The molecule has 0 bridgehead atoms. The topological polar surface area (TPSA) is 26.4 Å². The Kier molecular flexibility index (Phi) is 11.4. The van der Waals surface area contributed by atoms with Gasteiger partial charge < -0.3 is 0 Å². The highest BCUT2D eigenvalue weighted by atomic mass is 15.1. The second-order valence-electron chi connectivity index (χ2n) is 21.1. The highest BCUT2D eigenvalue weighted by Gasteiger charge is 2.22. The van der Waals surface area contributed by atoms with Crippen molar-refractivity contribution in [2.75, 3.05) is 0 Å². The van der Waals surface area contributed by atoms with E-state index in [0.29, 0.717) is 0 Å². The lowest BCUT2D eigenvalue weighted by atomic mass is 9.84. The van der Waals surface area contributed by atoms with Crippen LogP contribution < -0.4 is 13.7 Å². The molecule has 3 aromatic heterocycles. The molecule has 15 rings (SSSR count). The van der Waals surface area contributed by atoms with Crippen molar-refractivity contribution in [3.63, 3.8) is 0 Å². The summed E-state index contributed by atoms with van der Waals surface area (Å²) in [6.45, 7) is 2.28. The predicted octanol–water partition coefficient (Wildman–Crippen LogP) is 15.2. The van der Waals surface area contributed by atoms with E-state index in [1.165, 1.54) is 115 Å². The van der Waals surface area contributed by atoms with Gasteiger partial charge in [-0.25, -0.2) is 27.4 Å². The summed E-state index contributed by atoms with van der Waals surface area (Å²) in [4.78, 5) is 0. The number of hydrogen-bond acceptors (Lipinski definition) is 0. The van der Waals surface area contributed by atoms with Crippen LogP contribution in [0.3, 0.4) is 0 Å². The van der Waals surface area contributed by atoms with Gasteiger partial charge in [0.05, 0.1) is 0 Å². The van der Waals surface area contributed by atoms with Gasteiger partial charge in [-0.3, -0.25) is 0 Å². The van der Waals surface area contributed by atoms with Gasteiger partial charge in [0, 0.05) is 38.2 Å². The highest BCUT2D eigenvalue weighted by Crippen LogP contribution is 2.36. The van der Waals surface area contributed by atoms with Crippen LogP contribution in [0.5, 0.6) is 0 Å². The molecule has 6 heteroatoms. The summed E-state index contributed by atoms with van der Waals surface area (Å²) in [5, 5.41) is 14.9. The van der Waals surface area contributed by atoms with E-state index in [2.05, 4.69) is 320 Å². The van der Waals surface area contributed by atoms with Crippen molar-refractivity contribution in [1.29, 1.82) is 0 Å². The van der Waals surface area contributed by atoms with E-state index in [1.807, 2.05) is 0 Å². The number of imidazole rings is 3. The number of hydrogen-bond donors (Lipinski definition) is 0. The standard InChI is InChI=1S/C73H55N6/c1-7-19-64-58(13-1)43-59-14-2-8-20-65(59)71(64)77-40-37-74(49-77)46-52-25-31-55(32-26-52)70(56-33-27-53(28-34-56)47-75-38-41-78(50-75)72-66-21-9-3-15-60(66)44-61-16-4-10-22-67(61)72)57-35-29-54(30-36-57)48-76-39-42-79(51-76)73-68-23-11-5-17-62(68)45-63-18-6-12-24-69(63)73/h1-45,49-51,70H,46-48H2/q+3. The Morgan fingerprint density at radius 2 is 0.494 bits per heavy atom. The first-order chi connectivity index (χ1) is 39.1. The maximum atomic E-state index is 2.34. The van der Waals surface area contributed by atoms with Gasteiger partial charge in [-0.2, -0.15) is 0 Å². The van der Waals surface area contributed by atoms with Crippen LogP contribution in [0.1, 0.15) is 39.3 Å². The first kappa shape index (κ1) is 46.2. The van der Waals surface area contributed by atoms with Crippen LogP contribution in [0.25, 0.3) is 81.7 Å². The van der Waals surface area contributed by atoms with E-state index >= 15 is 0 Å². The molecule has 6 nitrogen and oxygen atoms in total. The molecule has 374 valence electrons. The molecule has 0 N–H and O–H groups in total. The SMILES string of the molecule is c1ccc2c(-n3cc[n+](Cc4ccc(C(c5ccc(C[n+]6ccn(-c7c8ccccc8cc8ccccc78)c6)cc5)c5ccc(C[n+]6ccn(-c7c8ccccc8cc8ccccc78)c6)cc5)cc4)c3)c3ccccc3cc2c1. The molecule has 0 aliphatic heterocycles. The zero-order chi connectivity index (χ0) is 52.2. The van der Waals surface area contributed by atoms with Crippen LogP contribution in [0, 0.1) is 0 Å². The quantitative estimate of drug-likeness (QED) is 0.0662. The molecule has 0 unspecified atom stereocenters. The molecule has 0 saturated carbocycles. The maximum absolute atomic E-state index is 2.34. The minimum Gasteiger partial charge on any atom is -0.232 e. The second kappa shape index (κ2) is 19.4. The molecule has 0 radical (unpaired) electrons. The molecule has 0 fully saturated rings. The zero-order valence-electron chi connectivity index (χ0n) is 43.6. The normalized spacial score (nSPS) is 11.8. The molecule has 0 saturated heterocycles. The third-order valence-electron chi connectivity index (χ3n) is 16.1.